The second kappa shape index (κ2) is 9.69. The van der Waals surface area contributed by atoms with Crippen LogP contribution >= 0.6 is 24.0 Å². The Kier molecular flexibility index (Phi) is 7.38. The van der Waals surface area contributed by atoms with Gasteiger partial charge in [-0.05, 0) is 74.1 Å². The van der Waals surface area contributed by atoms with E-state index in [0.29, 0.717) is 19.6 Å². The number of aromatic carboxylic acids is 1. The Labute approximate surface area is 199 Å². The van der Waals surface area contributed by atoms with Gasteiger partial charge in [-0.1, -0.05) is 23.7 Å². The number of urea groups is 1. The monoisotopic (exact) mass is 477 g/mol. The smallest absolute Gasteiger partial charge is 0.335 e. The van der Waals surface area contributed by atoms with E-state index in [-0.39, 0.29) is 35.5 Å². The molecule has 2 aromatic rings. The number of rotatable bonds is 5. The van der Waals surface area contributed by atoms with Gasteiger partial charge in [0.1, 0.15) is 0 Å². The molecule has 172 valence electrons. The fraction of sp³-hybridized carbons (Fsp3) is 0.417. The topological polar surface area (TPSA) is 86.9 Å². The zero-order chi connectivity index (χ0) is 22.2. The van der Waals surface area contributed by atoms with Crippen molar-refractivity contribution in [3.8, 4) is 0 Å². The number of carbonyl (C=O) groups is 2. The molecule has 0 spiro atoms. The van der Waals surface area contributed by atoms with E-state index >= 15 is 0 Å². The van der Waals surface area contributed by atoms with Crippen LogP contribution in [0.15, 0.2) is 42.5 Å². The average Bonchev–Trinajstić information content (AvgIpc) is 3.14. The molecule has 2 amide bonds. The molecule has 2 fully saturated rings. The first-order valence-corrected chi connectivity index (χ1v) is 11.1. The van der Waals surface area contributed by atoms with Crippen LogP contribution in [0.4, 0.5) is 10.5 Å². The van der Waals surface area contributed by atoms with Gasteiger partial charge in [0.05, 0.1) is 5.56 Å². The molecule has 0 aromatic heterocycles. The Balaban J connectivity index is 0.00000289. The molecule has 1 aliphatic heterocycles. The lowest BCUT2D eigenvalue weighted by Gasteiger charge is -2.42. The Morgan fingerprint density at radius 1 is 1.19 bits per heavy atom. The molecule has 3 N–H and O–H groups in total. The Morgan fingerprint density at radius 2 is 1.91 bits per heavy atom. The first-order valence-electron chi connectivity index (χ1n) is 10.7. The van der Waals surface area contributed by atoms with Gasteiger partial charge in [0, 0.05) is 41.8 Å². The van der Waals surface area contributed by atoms with Crippen molar-refractivity contribution in [3.05, 3.63) is 64.2 Å². The fourth-order valence-electron chi connectivity index (χ4n) is 5.10. The number of hydrogen-bond acceptors (Lipinski definition) is 3. The van der Waals surface area contributed by atoms with Gasteiger partial charge in [0.2, 0.25) is 0 Å². The molecule has 2 aromatic carbocycles. The maximum atomic E-state index is 13.2. The predicted molar refractivity (Wildman–Crippen MR) is 129 cm³/mol. The predicted octanol–water partition coefficient (Wildman–Crippen LogP) is 4.85. The second-order valence-electron chi connectivity index (χ2n) is 8.66. The number of nitrogens with zero attached hydrogens (tertiary/aromatic N) is 2. The van der Waals surface area contributed by atoms with E-state index in [1.54, 1.807) is 23.1 Å². The standard InChI is InChI=1S/C24H28ClN3O3.ClH/c1-16-13-17(22(29)30)5-6-21(16)28-12-11-27(23(28)31)20-7-9-24(15-26,10-8-20)18-3-2-4-19(25)14-18;/h2-6,13-14,20H,7-12,15,26H2,1H3,(H,29,30);1H/t20-,24-;. The van der Waals surface area contributed by atoms with E-state index in [4.69, 9.17) is 17.3 Å². The average molecular weight is 478 g/mol. The number of carbonyl (C=O) groups excluding carboxylic acids is 1. The van der Waals surface area contributed by atoms with Gasteiger partial charge in [0.15, 0.2) is 0 Å². The summed E-state index contributed by atoms with van der Waals surface area (Å²) >= 11 is 6.22. The largest absolute Gasteiger partial charge is 0.478 e. The van der Waals surface area contributed by atoms with Crippen LogP contribution in [0.25, 0.3) is 0 Å². The number of carboxylic acids is 1. The number of anilines is 1. The molecule has 32 heavy (non-hydrogen) atoms. The molecule has 0 unspecified atom stereocenters. The molecule has 0 atom stereocenters. The summed E-state index contributed by atoms with van der Waals surface area (Å²) < 4.78 is 0. The first-order chi connectivity index (χ1) is 14.8. The third kappa shape index (κ3) is 4.45. The number of halogens is 2. The van der Waals surface area contributed by atoms with Crippen LogP contribution in [0.3, 0.4) is 0 Å². The van der Waals surface area contributed by atoms with Gasteiger partial charge in [-0.15, -0.1) is 12.4 Å². The summed E-state index contributed by atoms with van der Waals surface area (Å²) in [7, 11) is 0. The zero-order valence-electron chi connectivity index (χ0n) is 18.1. The highest BCUT2D eigenvalue weighted by molar-refractivity contribution is 6.30. The van der Waals surface area contributed by atoms with Crippen LogP contribution in [0.1, 0.15) is 47.2 Å². The van der Waals surface area contributed by atoms with Crippen molar-refractivity contribution in [3.63, 3.8) is 0 Å². The van der Waals surface area contributed by atoms with E-state index < -0.39 is 5.97 Å². The lowest BCUT2D eigenvalue weighted by atomic mass is 9.68. The number of carboxylic acid groups (broad SMARTS) is 1. The maximum Gasteiger partial charge on any atom is 0.335 e. The molecular weight excluding hydrogens is 449 g/mol. The molecule has 1 heterocycles. The van der Waals surface area contributed by atoms with E-state index in [0.717, 1.165) is 42.0 Å². The highest BCUT2D eigenvalue weighted by Crippen LogP contribution is 2.41. The zero-order valence-corrected chi connectivity index (χ0v) is 19.7. The van der Waals surface area contributed by atoms with Gasteiger partial charge < -0.3 is 15.7 Å². The molecule has 0 radical (unpaired) electrons. The minimum Gasteiger partial charge on any atom is -0.478 e. The number of nitrogens with two attached hydrogens (primary N) is 1. The summed E-state index contributed by atoms with van der Waals surface area (Å²) in [6.07, 6.45) is 3.65. The van der Waals surface area contributed by atoms with Gasteiger partial charge >= 0.3 is 12.0 Å². The molecule has 0 bridgehead atoms. The number of benzene rings is 2. The summed E-state index contributed by atoms with van der Waals surface area (Å²) in [6, 6.07) is 13.1. The highest BCUT2D eigenvalue weighted by Gasteiger charge is 2.41. The van der Waals surface area contributed by atoms with Crippen LogP contribution in [-0.4, -0.2) is 47.7 Å². The number of aryl methyl sites for hydroxylation is 1. The van der Waals surface area contributed by atoms with Crippen molar-refractivity contribution in [2.24, 2.45) is 5.73 Å². The van der Waals surface area contributed by atoms with Crippen LogP contribution in [0.5, 0.6) is 0 Å². The fourth-order valence-corrected chi connectivity index (χ4v) is 5.29. The normalized spacial score (nSPS) is 23.2. The summed E-state index contributed by atoms with van der Waals surface area (Å²) in [6.45, 7) is 3.70. The Morgan fingerprint density at radius 3 is 2.50 bits per heavy atom. The van der Waals surface area contributed by atoms with Crippen molar-refractivity contribution < 1.29 is 14.7 Å². The van der Waals surface area contributed by atoms with Gasteiger partial charge in [0.25, 0.3) is 0 Å². The molecular formula is C24H29Cl2N3O3. The Bertz CT molecular complexity index is 1010. The SMILES string of the molecule is Cc1cc(C(=O)O)ccc1N1CCN([C@H]2CC[C@](CN)(c3cccc(Cl)c3)CC2)C1=O.Cl. The van der Waals surface area contributed by atoms with Gasteiger partial charge in [-0.2, -0.15) is 0 Å². The van der Waals surface area contributed by atoms with Crippen molar-refractivity contribution in [1.29, 1.82) is 0 Å². The lowest BCUT2D eigenvalue weighted by molar-refractivity contribution is 0.0696. The van der Waals surface area contributed by atoms with Crippen LogP contribution in [0.2, 0.25) is 5.02 Å². The summed E-state index contributed by atoms with van der Waals surface area (Å²) in [5.74, 6) is -0.964. The summed E-state index contributed by atoms with van der Waals surface area (Å²) in [5, 5.41) is 9.91. The maximum absolute atomic E-state index is 13.2. The number of hydrogen-bond donors (Lipinski definition) is 2. The van der Waals surface area contributed by atoms with Crippen molar-refractivity contribution in [1.82, 2.24) is 4.90 Å². The van der Waals surface area contributed by atoms with Crippen LogP contribution in [-0.2, 0) is 5.41 Å². The first kappa shape index (κ1) is 24.4. The van der Waals surface area contributed by atoms with Crippen molar-refractivity contribution in [2.75, 3.05) is 24.5 Å². The quantitative estimate of drug-likeness (QED) is 0.643. The Hall–Kier alpha value is -2.28. The number of amides is 2. The molecule has 8 heteroatoms. The van der Waals surface area contributed by atoms with Gasteiger partial charge in [-0.25, -0.2) is 9.59 Å². The molecule has 1 saturated heterocycles. The second-order valence-corrected chi connectivity index (χ2v) is 9.10. The van der Waals surface area contributed by atoms with Gasteiger partial charge in [-0.3, -0.25) is 4.90 Å². The highest BCUT2D eigenvalue weighted by atomic mass is 35.5. The summed E-state index contributed by atoms with van der Waals surface area (Å²) in [5.41, 5.74) is 9.12. The third-order valence-corrected chi connectivity index (χ3v) is 7.19. The van der Waals surface area contributed by atoms with E-state index in [1.807, 2.05) is 30.0 Å². The third-order valence-electron chi connectivity index (χ3n) is 6.96. The minimum absolute atomic E-state index is 0. The molecule has 2 aliphatic rings. The lowest BCUT2D eigenvalue weighted by Crippen LogP contribution is -2.47. The van der Waals surface area contributed by atoms with Crippen LogP contribution < -0.4 is 10.6 Å². The van der Waals surface area contributed by atoms with Crippen LogP contribution in [0, 0.1) is 6.92 Å². The summed E-state index contributed by atoms with van der Waals surface area (Å²) in [4.78, 5) is 28.2. The van der Waals surface area contributed by atoms with E-state index in [1.165, 1.54) is 5.56 Å². The molecule has 6 nitrogen and oxygen atoms in total. The molecule has 1 saturated carbocycles. The van der Waals surface area contributed by atoms with Crippen molar-refractivity contribution >= 4 is 41.7 Å². The van der Waals surface area contributed by atoms with E-state index in [9.17, 15) is 14.7 Å². The molecule has 4 rings (SSSR count). The molecule has 1 aliphatic carbocycles. The van der Waals surface area contributed by atoms with E-state index in [2.05, 4.69) is 6.07 Å². The minimum atomic E-state index is -0.964. The van der Waals surface area contributed by atoms with Crippen molar-refractivity contribution in [2.45, 2.75) is 44.1 Å².